The second-order valence-corrected chi connectivity index (χ2v) is 6.71. The van der Waals surface area contributed by atoms with E-state index in [0.717, 1.165) is 37.7 Å². The maximum Gasteiger partial charge on any atom is 0.129 e. The van der Waals surface area contributed by atoms with Gasteiger partial charge in [0.2, 0.25) is 0 Å². The van der Waals surface area contributed by atoms with E-state index in [1.165, 1.54) is 18.6 Å². The van der Waals surface area contributed by atoms with Crippen molar-refractivity contribution in [3.8, 4) is 0 Å². The number of nitrogens with two attached hydrogens (primary N) is 1. The van der Waals surface area contributed by atoms with Gasteiger partial charge >= 0.3 is 0 Å². The first-order valence-corrected chi connectivity index (χ1v) is 7.62. The molecule has 1 aliphatic rings. The van der Waals surface area contributed by atoms with Crippen LogP contribution in [0.25, 0.3) is 0 Å². The Labute approximate surface area is 120 Å². The van der Waals surface area contributed by atoms with E-state index in [2.05, 4.69) is 13.8 Å². The molecule has 0 bridgehead atoms. The van der Waals surface area contributed by atoms with Crippen LogP contribution in [0.1, 0.15) is 51.5 Å². The summed E-state index contributed by atoms with van der Waals surface area (Å²) in [7, 11) is 0. The lowest BCUT2D eigenvalue weighted by Gasteiger charge is -2.29. The molecule has 0 heterocycles. The third-order valence-corrected chi connectivity index (χ3v) is 4.76. The fourth-order valence-electron chi connectivity index (χ4n) is 3.35. The van der Waals surface area contributed by atoms with Crippen molar-refractivity contribution in [2.24, 2.45) is 17.6 Å². The van der Waals surface area contributed by atoms with Crippen molar-refractivity contribution in [2.45, 2.75) is 57.9 Å². The lowest BCUT2D eigenvalue weighted by Crippen LogP contribution is -2.41. The van der Waals surface area contributed by atoms with Crippen molar-refractivity contribution in [3.63, 3.8) is 0 Å². The summed E-state index contributed by atoms with van der Waals surface area (Å²) < 4.78 is 26.7. The lowest BCUT2D eigenvalue weighted by atomic mass is 9.83. The third-order valence-electron chi connectivity index (χ3n) is 4.76. The molecule has 2 N–H and O–H groups in total. The quantitative estimate of drug-likeness (QED) is 0.814. The van der Waals surface area contributed by atoms with E-state index in [1.807, 2.05) is 0 Å². The molecule has 0 spiro atoms. The summed E-state index contributed by atoms with van der Waals surface area (Å²) in [6, 6.07) is 3.80. The molecule has 1 nitrogen and oxygen atoms in total. The van der Waals surface area contributed by atoms with Crippen LogP contribution in [0.3, 0.4) is 0 Å². The monoisotopic (exact) mass is 281 g/mol. The van der Waals surface area contributed by atoms with Gasteiger partial charge in [0.15, 0.2) is 0 Å². The molecule has 2 rings (SSSR count). The highest BCUT2D eigenvalue weighted by molar-refractivity contribution is 5.21. The molecule has 0 saturated heterocycles. The van der Waals surface area contributed by atoms with Crippen LogP contribution in [-0.4, -0.2) is 5.54 Å². The largest absolute Gasteiger partial charge is 0.325 e. The first kappa shape index (κ1) is 15.4. The van der Waals surface area contributed by atoms with Crippen molar-refractivity contribution in [1.82, 2.24) is 0 Å². The van der Waals surface area contributed by atoms with Crippen molar-refractivity contribution >= 4 is 0 Å². The Hall–Kier alpha value is -0.960. The Morgan fingerprint density at radius 3 is 2.65 bits per heavy atom. The van der Waals surface area contributed by atoms with Crippen LogP contribution in [0.5, 0.6) is 0 Å². The standard InChI is InChI=1S/C17H25F2N/c1-12(2)13-4-3-8-17(20,9-7-13)11-14-5-6-15(18)10-16(14)19/h5-6,10,12-13H,3-4,7-9,11,20H2,1-2H3. The molecule has 0 amide bonds. The Kier molecular flexibility index (Phi) is 4.79. The molecule has 2 unspecified atom stereocenters. The van der Waals surface area contributed by atoms with E-state index < -0.39 is 11.6 Å². The van der Waals surface area contributed by atoms with Crippen LogP contribution in [0, 0.1) is 23.5 Å². The second kappa shape index (κ2) is 6.21. The van der Waals surface area contributed by atoms with Crippen LogP contribution < -0.4 is 5.73 Å². The number of halogens is 2. The maximum absolute atomic E-state index is 13.8. The number of hydrogen-bond acceptors (Lipinski definition) is 1. The second-order valence-electron chi connectivity index (χ2n) is 6.71. The smallest absolute Gasteiger partial charge is 0.129 e. The van der Waals surface area contributed by atoms with Crippen LogP contribution in [0.4, 0.5) is 8.78 Å². The van der Waals surface area contributed by atoms with E-state index in [4.69, 9.17) is 5.73 Å². The normalized spacial score (nSPS) is 27.6. The summed E-state index contributed by atoms with van der Waals surface area (Å²) in [5.74, 6) is 0.399. The molecule has 2 atom stereocenters. The van der Waals surface area contributed by atoms with Gasteiger partial charge in [-0.2, -0.15) is 0 Å². The van der Waals surface area contributed by atoms with Gasteiger partial charge in [-0.25, -0.2) is 8.78 Å². The summed E-state index contributed by atoms with van der Waals surface area (Å²) in [5.41, 5.74) is 6.69. The molecule has 1 aromatic rings. The molecule has 1 aromatic carbocycles. The van der Waals surface area contributed by atoms with Crippen LogP contribution in [-0.2, 0) is 6.42 Å². The third kappa shape index (κ3) is 3.78. The molecule has 0 radical (unpaired) electrons. The number of rotatable bonds is 3. The van der Waals surface area contributed by atoms with Gasteiger partial charge < -0.3 is 5.73 Å². The zero-order valence-corrected chi connectivity index (χ0v) is 12.5. The molecular weight excluding hydrogens is 256 g/mol. The SMILES string of the molecule is CC(C)C1CCCC(N)(Cc2ccc(F)cc2F)CC1. The van der Waals surface area contributed by atoms with Gasteiger partial charge in [-0.3, -0.25) is 0 Å². The Morgan fingerprint density at radius 1 is 1.25 bits per heavy atom. The van der Waals surface area contributed by atoms with E-state index >= 15 is 0 Å². The zero-order valence-electron chi connectivity index (χ0n) is 12.5. The Bertz CT molecular complexity index is 458. The molecule has 1 saturated carbocycles. The molecule has 20 heavy (non-hydrogen) atoms. The van der Waals surface area contributed by atoms with Gasteiger partial charge in [-0.05, 0) is 49.1 Å². The molecule has 0 aliphatic heterocycles. The fourth-order valence-corrected chi connectivity index (χ4v) is 3.35. The summed E-state index contributed by atoms with van der Waals surface area (Å²) >= 11 is 0. The van der Waals surface area contributed by atoms with E-state index in [1.54, 1.807) is 0 Å². The van der Waals surface area contributed by atoms with Gasteiger partial charge in [0.05, 0.1) is 0 Å². The zero-order chi connectivity index (χ0) is 14.8. The average Bonchev–Trinajstić information content (AvgIpc) is 2.55. The Balaban J connectivity index is 2.07. The molecule has 0 aromatic heterocycles. The minimum atomic E-state index is -0.530. The first-order valence-electron chi connectivity index (χ1n) is 7.62. The van der Waals surface area contributed by atoms with Gasteiger partial charge in [0, 0.05) is 11.6 Å². The maximum atomic E-state index is 13.8. The first-order chi connectivity index (χ1) is 9.39. The summed E-state index contributed by atoms with van der Waals surface area (Å²) in [5, 5.41) is 0. The van der Waals surface area contributed by atoms with Crippen molar-refractivity contribution in [2.75, 3.05) is 0 Å². The molecule has 3 heteroatoms. The minimum Gasteiger partial charge on any atom is -0.325 e. The fraction of sp³-hybridized carbons (Fsp3) is 0.647. The summed E-state index contributed by atoms with van der Waals surface area (Å²) in [6.07, 6.45) is 5.77. The van der Waals surface area contributed by atoms with Crippen molar-refractivity contribution < 1.29 is 8.78 Å². The van der Waals surface area contributed by atoms with Crippen LogP contribution >= 0.6 is 0 Å². The highest BCUT2D eigenvalue weighted by atomic mass is 19.1. The Morgan fingerprint density at radius 2 is 2.00 bits per heavy atom. The van der Waals surface area contributed by atoms with E-state index in [0.29, 0.717) is 17.9 Å². The highest BCUT2D eigenvalue weighted by Crippen LogP contribution is 2.34. The van der Waals surface area contributed by atoms with Gasteiger partial charge in [-0.1, -0.05) is 32.8 Å². The van der Waals surface area contributed by atoms with E-state index in [9.17, 15) is 8.78 Å². The molecule has 112 valence electrons. The van der Waals surface area contributed by atoms with E-state index in [-0.39, 0.29) is 5.54 Å². The number of benzene rings is 1. The lowest BCUT2D eigenvalue weighted by molar-refractivity contribution is 0.320. The summed E-state index contributed by atoms with van der Waals surface area (Å²) in [6.45, 7) is 4.52. The van der Waals surface area contributed by atoms with Gasteiger partial charge in [-0.15, -0.1) is 0 Å². The predicted octanol–water partition coefficient (Wildman–Crippen LogP) is 4.44. The average molecular weight is 281 g/mol. The van der Waals surface area contributed by atoms with Crippen molar-refractivity contribution in [1.29, 1.82) is 0 Å². The molecule has 1 aliphatic carbocycles. The van der Waals surface area contributed by atoms with Gasteiger partial charge in [0.1, 0.15) is 11.6 Å². The van der Waals surface area contributed by atoms with Crippen LogP contribution in [0.2, 0.25) is 0 Å². The minimum absolute atomic E-state index is 0.345. The van der Waals surface area contributed by atoms with Crippen LogP contribution in [0.15, 0.2) is 18.2 Å². The topological polar surface area (TPSA) is 26.0 Å². The highest BCUT2D eigenvalue weighted by Gasteiger charge is 2.31. The summed E-state index contributed by atoms with van der Waals surface area (Å²) in [4.78, 5) is 0. The van der Waals surface area contributed by atoms with Gasteiger partial charge in [0.25, 0.3) is 0 Å². The predicted molar refractivity (Wildman–Crippen MR) is 78.4 cm³/mol. The molecular formula is C17H25F2N. The molecule has 1 fully saturated rings. The number of hydrogen-bond donors (Lipinski definition) is 1. The van der Waals surface area contributed by atoms with Crippen molar-refractivity contribution in [3.05, 3.63) is 35.4 Å².